The van der Waals surface area contributed by atoms with E-state index in [1.54, 1.807) is 23.1 Å². The molecule has 2 fully saturated rings. The van der Waals surface area contributed by atoms with Crippen LogP contribution in [0.4, 0.5) is 0 Å². The van der Waals surface area contributed by atoms with Gasteiger partial charge in [0.15, 0.2) is 11.5 Å². The van der Waals surface area contributed by atoms with Crippen molar-refractivity contribution in [1.29, 1.82) is 0 Å². The molecular weight excluding hydrogens is 468 g/mol. The van der Waals surface area contributed by atoms with Crippen molar-refractivity contribution < 1.29 is 38.8 Å². The summed E-state index contributed by atoms with van der Waals surface area (Å²) in [5.41, 5.74) is 1.22. The van der Waals surface area contributed by atoms with E-state index < -0.39 is 36.2 Å². The average Bonchev–Trinajstić information content (AvgIpc) is 3.38. The van der Waals surface area contributed by atoms with Gasteiger partial charge in [0.1, 0.15) is 24.6 Å². The summed E-state index contributed by atoms with van der Waals surface area (Å²) in [5.74, 6) is -0.272. The van der Waals surface area contributed by atoms with E-state index in [2.05, 4.69) is 5.32 Å². The zero-order valence-corrected chi connectivity index (χ0v) is 20.2. The first-order valence-corrected chi connectivity index (χ1v) is 12.5. The number of methoxy groups -OCH3 is 1. The number of hydrogen-bond donors (Lipinski definition) is 3. The van der Waals surface area contributed by atoms with Gasteiger partial charge < -0.3 is 34.6 Å². The van der Waals surface area contributed by atoms with Crippen LogP contribution in [0.25, 0.3) is 0 Å². The number of fused-ring (bicyclic) bond motifs is 3. The molecule has 2 aliphatic carbocycles. The lowest BCUT2D eigenvalue weighted by molar-refractivity contribution is -0.147. The molecule has 2 heterocycles. The van der Waals surface area contributed by atoms with Gasteiger partial charge in [-0.1, -0.05) is 0 Å². The molecule has 10 nitrogen and oxygen atoms in total. The van der Waals surface area contributed by atoms with E-state index >= 15 is 0 Å². The molecule has 1 saturated heterocycles. The van der Waals surface area contributed by atoms with E-state index in [4.69, 9.17) is 14.2 Å². The fourth-order valence-corrected chi connectivity index (χ4v) is 5.45. The number of carbonyl (C=O) groups excluding carboxylic acids is 3. The van der Waals surface area contributed by atoms with Crippen LogP contribution in [-0.2, 0) is 14.3 Å². The van der Waals surface area contributed by atoms with Gasteiger partial charge in [-0.3, -0.25) is 14.4 Å². The normalized spacial score (nSPS) is 28.4. The summed E-state index contributed by atoms with van der Waals surface area (Å²) in [7, 11) is 1.46. The van der Waals surface area contributed by atoms with Gasteiger partial charge in [-0.05, 0) is 49.8 Å². The first-order valence-electron chi connectivity index (χ1n) is 12.5. The maximum absolute atomic E-state index is 13.5. The molecule has 0 radical (unpaired) electrons. The summed E-state index contributed by atoms with van der Waals surface area (Å²) >= 11 is 0. The van der Waals surface area contributed by atoms with Crippen molar-refractivity contribution in [3.63, 3.8) is 0 Å². The van der Waals surface area contributed by atoms with Crippen molar-refractivity contribution >= 4 is 18.1 Å². The van der Waals surface area contributed by atoms with E-state index in [-0.39, 0.29) is 19.1 Å². The molecule has 4 aliphatic rings. The minimum Gasteiger partial charge on any atom is -0.493 e. The van der Waals surface area contributed by atoms with Crippen LogP contribution in [0.1, 0.15) is 47.5 Å². The molecule has 5 rings (SSSR count). The molecule has 0 aromatic heterocycles. The highest BCUT2D eigenvalue weighted by atomic mass is 16.5. The molecule has 194 valence electrons. The van der Waals surface area contributed by atoms with Crippen LogP contribution in [0.2, 0.25) is 0 Å². The maximum Gasteiger partial charge on any atom is 0.252 e. The van der Waals surface area contributed by atoms with E-state index in [1.807, 2.05) is 0 Å². The quantitative estimate of drug-likeness (QED) is 0.419. The molecule has 36 heavy (non-hydrogen) atoms. The summed E-state index contributed by atoms with van der Waals surface area (Å²) in [4.78, 5) is 40.1. The first kappa shape index (κ1) is 24.7. The highest BCUT2D eigenvalue weighted by molar-refractivity contribution is 5.96. The second-order valence-corrected chi connectivity index (χ2v) is 9.84. The molecule has 1 aromatic carbocycles. The SMILES string of the molecule is COc1cc(C=O)cc2c1O[C@@H]1[C@@H](O)[C@H](N(CC3CC3)C(=O)C3CCCO3)C=C(C(=O)NCCO)[C@H]21. The zero-order chi connectivity index (χ0) is 25.4. The van der Waals surface area contributed by atoms with Crippen molar-refractivity contribution in [3.8, 4) is 11.5 Å². The Kier molecular flexibility index (Phi) is 7.00. The maximum atomic E-state index is 13.5. The third kappa shape index (κ3) is 4.49. The second kappa shape index (κ2) is 10.2. The van der Waals surface area contributed by atoms with Crippen molar-refractivity contribution in [2.75, 3.05) is 33.4 Å². The molecule has 0 spiro atoms. The number of amides is 2. The van der Waals surface area contributed by atoms with Gasteiger partial charge in [-0.2, -0.15) is 0 Å². The molecule has 1 saturated carbocycles. The van der Waals surface area contributed by atoms with Gasteiger partial charge >= 0.3 is 0 Å². The number of rotatable bonds is 9. The highest BCUT2D eigenvalue weighted by Gasteiger charge is 2.52. The number of benzene rings is 1. The standard InChI is InChI=1S/C26H32N2O8/c1-34-20-10-15(13-30)9-16-21-17(25(32)27-6-7-29)11-18(22(31)24(21)36-23(16)20)28(12-14-4-5-14)26(33)19-3-2-8-35-19/h9-11,13-14,18-19,21-22,24,29,31H,2-8,12H2,1H3,(H,27,32)/t18-,19?,21+,22+,24+/m1/s1. The Labute approximate surface area is 209 Å². The van der Waals surface area contributed by atoms with E-state index in [0.29, 0.717) is 60.0 Å². The fourth-order valence-electron chi connectivity index (χ4n) is 5.45. The van der Waals surface area contributed by atoms with Gasteiger partial charge in [0.2, 0.25) is 5.91 Å². The minimum atomic E-state index is -1.13. The van der Waals surface area contributed by atoms with Gasteiger partial charge in [-0.25, -0.2) is 0 Å². The number of nitrogens with zero attached hydrogens (tertiary/aromatic N) is 1. The highest BCUT2D eigenvalue weighted by Crippen LogP contribution is 2.51. The predicted molar refractivity (Wildman–Crippen MR) is 127 cm³/mol. The van der Waals surface area contributed by atoms with Gasteiger partial charge in [0.25, 0.3) is 5.91 Å². The smallest absolute Gasteiger partial charge is 0.252 e. The molecule has 10 heteroatoms. The minimum absolute atomic E-state index is 0.0484. The second-order valence-electron chi connectivity index (χ2n) is 9.84. The van der Waals surface area contributed by atoms with Crippen molar-refractivity contribution in [3.05, 3.63) is 34.9 Å². The number of carbonyl (C=O) groups is 3. The molecule has 3 N–H and O–H groups in total. The predicted octanol–water partition coefficient (Wildman–Crippen LogP) is 0.548. The third-order valence-corrected chi connectivity index (χ3v) is 7.41. The van der Waals surface area contributed by atoms with Gasteiger partial charge in [0.05, 0.1) is 25.7 Å². The Hall–Kier alpha value is -2.95. The topological polar surface area (TPSA) is 135 Å². The molecular formula is C26H32N2O8. The Bertz CT molecular complexity index is 1060. The number of aliphatic hydroxyl groups excluding tert-OH is 2. The Balaban J connectivity index is 1.57. The fraction of sp³-hybridized carbons (Fsp3) is 0.577. The molecule has 2 aliphatic heterocycles. The number of hydrogen-bond acceptors (Lipinski definition) is 8. The Morgan fingerprint density at radius 1 is 1.28 bits per heavy atom. The number of aliphatic hydroxyl groups is 2. The summed E-state index contributed by atoms with van der Waals surface area (Å²) in [6.07, 6.45) is 3.19. The lowest BCUT2D eigenvalue weighted by Crippen LogP contribution is -2.57. The summed E-state index contributed by atoms with van der Waals surface area (Å²) in [6.45, 7) is 0.798. The number of aldehydes is 1. The number of nitrogens with one attached hydrogen (secondary N) is 1. The van der Waals surface area contributed by atoms with Crippen LogP contribution < -0.4 is 14.8 Å². The average molecular weight is 501 g/mol. The summed E-state index contributed by atoms with van der Waals surface area (Å²) < 4.78 is 17.3. The van der Waals surface area contributed by atoms with E-state index in [0.717, 1.165) is 19.3 Å². The van der Waals surface area contributed by atoms with Crippen molar-refractivity contribution in [2.45, 2.75) is 56.0 Å². The third-order valence-electron chi connectivity index (χ3n) is 7.41. The first-order chi connectivity index (χ1) is 17.5. The van der Waals surface area contributed by atoms with Crippen molar-refractivity contribution in [1.82, 2.24) is 10.2 Å². The Morgan fingerprint density at radius 3 is 2.72 bits per heavy atom. The monoisotopic (exact) mass is 500 g/mol. The molecule has 1 aromatic rings. The lowest BCUT2D eigenvalue weighted by atomic mass is 9.77. The Morgan fingerprint density at radius 2 is 2.08 bits per heavy atom. The summed E-state index contributed by atoms with van der Waals surface area (Å²) in [6, 6.07) is 2.38. The van der Waals surface area contributed by atoms with Crippen LogP contribution in [0, 0.1) is 5.92 Å². The molecule has 5 atom stereocenters. The molecule has 1 unspecified atom stereocenters. The van der Waals surface area contributed by atoms with Crippen LogP contribution in [-0.4, -0.2) is 91.0 Å². The van der Waals surface area contributed by atoms with E-state index in [1.165, 1.54) is 7.11 Å². The molecule has 2 amide bonds. The van der Waals surface area contributed by atoms with Gasteiger partial charge in [0, 0.05) is 36.4 Å². The van der Waals surface area contributed by atoms with Crippen LogP contribution >= 0.6 is 0 Å². The van der Waals surface area contributed by atoms with Crippen LogP contribution in [0.15, 0.2) is 23.8 Å². The lowest BCUT2D eigenvalue weighted by Gasteiger charge is -2.41. The van der Waals surface area contributed by atoms with Crippen molar-refractivity contribution in [2.24, 2.45) is 5.92 Å². The van der Waals surface area contributed by atoms with E-state index in [9.17, 15) is 24.6 Å². The summed E-state index contributed by atoms with van der Waals surface area (Å²) in [5, 5.41) is 23.5. The van der Waals surface area contributed by atoms with Crippen LogP contribution in [0.5, 0.6) is 11.5 Å². The molecule has 0 bridgehead atoms. The zero-order valence-electron chi connectivity index (χ0n) is 20.2. The van der Waals surface area contributed by atoms with Gasteiger partial charge in [-0.15, -0.1) is 0 Å². The van der Waals surface area contributed by atoms with Crippen LogP contribution in [0.3, 0.4) is 0 Å². The largest absolute Gasteiger partial charge is 0.493 e. The number of ether oxygens (including phenoxy) is 3.